The fourth-order valence-electron chi connectivity index (χ4n) is 2.26. The van der Waals surface area contributed by atoms with E-state index in [-0.39, 0.29) is 5.69 Å². The van der Waals surface area contributed by atoms with E-state index >= 15 is 0 Å². The standard InChI is InChI=1S/C16H12FN3O2/c1-10-4-2-3-5-13(10)20-15(14(16(21)22)18-19-20)11-6-8-12(17)9-7-11/h2-9H,1H3,(H,21,22). The van der Waals surface area contributed by atoms with Crippen LogP contribution in [0.5, 0.6) is 0 Å². The molecule has 0 spiro atoms. The van der Waals surface area contributed by atoms with Gasteiger partial charge in [-0.1, -0.05) is 23.4 Å². The number of nitrogens with zero attached hydrogens (tertiary/aromatic N) is 3. The third-order valence-electron chi connectivity index (χ3n) is 3.33. The predicted molar refractivity (Wildman–Crippen MR) is 78.4 cm³/mol. The van der Waals surface area contributed by atoms with Gasteiger partial charge in [-0.3, -0.25) is 0 Å². The summed E-state index contributed by atoms with van der Waals surface area (Å²) in [6.45, 7) is 1.89. The highest BCUT2D eigenvalue weighted by Crippen LogP contribution is 2.26. The highest BCUT2D eigenvalue weighted by atomic mass is 19.1. The second-order valence-corrected chi connectivity index (χ2v) is 4.80. The summed E-state index contributed by atoms with van der Waals surface area (Å²) >= 11 is 0. The van der Waals surface area contributed by atoms with Crippen LogP contribution in [0.4, 0.5) is 4.39 Å². The number of rotatable bonds is 3. The van der Waals surface area contributed by atoms with Crippen LogP contribution >= 0.6 is 0 Å². The molecule has 0 saturated heterocycles. The Kier molecular flexibility index (Phi) is 3.42. The maximum absolute atomic E-state index is 13.1. The summed E-state index contributed by atoms with van der Waals surface area (Å²) in [5.41, 5.74) is 2.33. The molecule has 2 aromatic carbocycles. The number of hydrogen-bond acceptors (Lipinski definition) is 3. The Hall–Kier alpha value is -3.02. The van der Waals surface area contributed by atoms with Crippen LogP contribution in [-0.2, 0) is 0 Å². The normalized spacial score (nSPS) is 10.6. The van der Waals surface area contributed by atoms with Gasteiger partial charge in [-0.2, -0.15) is 0 Å². The summed E-state index contributed by atoms with van der Waals surface area (Å²) in [7, 11) is 0. The van der Waals surface area contributed by atoms with Gasteiger partial charge < -0.3 is 5.11 Å². The van der Waals surface area contributed by atoms with Gasteiger partial charge in [0.25, 0.3) is 0 Å². The van der Waals surface area contributed by atoms with E-state index in [9.17, 15) is 14.3 Å². The van der Waals surface area contributed by atoms with E-state index in [2.05, 4.69) is 10.3 Å². The highest BCUT2D eigenvalue weighted by molar-refractivity contribution is 5.93. The lowest BCUT2D eigenvalue weighted by atomic mass is 10.1. The van der Waals surface area contributed by atoms with Crippen LogP contribution < -0.4 is 0 Å². The first-order valence-corrected chi connectivity index (χ1v) is 6.59. The van der Waals surface area contributed by atoms with Crippen molar-refractivity contribution in [2.45, 2.75) is 6.92 Å². The molecular formula is C16H12FN3O2. The Labute approximate surface area is 125 Å². The van der Waals surface area contributed by atoms with Gasteiger partial charge in [0, 0.05) is 5.56 Å². The number of benzene rings is 2. The first-order chi connectivity index (χ1) is 10.6. The molecule has 0 aliphatic heterocycles. The average Bonchev–Trinajstić information content (AvgIpc) is 2.93. The van der Waals surface area contributed by atoms with Gasteiger partial charge >= 0.3 is 5.97 Å². The van der Waals surface area contributed by atoms with Crippen LogP contribution in [0, 0.1) is 12.7 Å². The molecule has 1 aromatic heterocycles. The quantitative estimate of drug-likeness (QED) is 0.806. The summed E-state index contributed by atoms with van der Waals surface area (Å²) < 4.78 is 14.6. The Morgan fingerprint density at radius 1 is 1.14 bits per heavy atom. The molecule has 1 N–H and O–H groups in total. The number of carbonyl (C=O) groups is 1. The lowest BCUT2D eigenvalue weighted by molar-refractivity contribution is 0.0691. The summed E-state index contributed by atoms with van der Waals surface area (Å²) in [6, 6.07) is 13.0. The molecular weight excluding hydrogens is 285 g/mol. The minimum absolute atomic E-state index is 0.171. The minimum Gasteiger partial charge on any atom is -0.476 e. The van der Waals surface area contributed by atoms with E-state index in [4.69, 9.17) is 0 Å². The molecule has 0 radical (unpaired) electrons. The molecule has 6 heteroatoms. The topological polar surface area (TPSA) is 68.0 Å². The Morgan fingerprint density at radius 2 is 1.82 bits per heavy atom. The van der Waals surface area contributed by atoms with Crippen LogP contribution in [0.3, 0.4) is 0 Å². The van der Waals surface area contributed by atoms with E-state index in [1.165, 1.54) is 28.9 Å². The van der Waals surface area contributed by atoms with E-state index in [0.29, 0.717) is 11.3 Å². The summed E-state index contributed by atoms with van der Waals surface area (Å²) in [4.78, 5) is 11.4. The average molecular weight is 297 g/mol. The molecule has 3 aromatic rings. The number of aromatic nitrogens is 3. The number of hydrogen-bond donors (Lipinski definition) is 1. The minimum atomic E-state index is -1.18. The second-order valence-electron chi connectivity index (χ2n) is 4.80. The van der Waals surface area contributed by atoms with E-state index in [1.807, 2.05) is 31.2 Å². The van der Waals surface area contributed by atoms with Crippen molar-refractivity contribution in [1.82, 2.24) is 15.0 Å². The van der Waals surface area contributed by atoms with E-state index < -0.39 is 11.8 Å². The zero-order valence-corrected chi connectivity index (χ0v) is 11.7. The zero-order chi connectivity index (χ0) is 15.7. The zero-order valence-electron chi connectivity index (χ0n) is 11.7. The summed E-state index contributed by atoms with van der Waals surface area (Å²) in [5.74, 6) is -1.57. The largest absolute Gasteiger partial charge is 0.476 e. The van der Waals surface area contributed by atoms with Gasteiger partial charge in [-0.15, -0.1) is 5.10 Å². The van der Waals surface area contributed by atoms with E-state index in [0.717, 1.165) is 11.3 Å². The van der Waals surface area contributed by atoms with Crippen molar-refractivity contribution in [3.63, 3.8) is 0 Å². The number of aromatic carboxylic acids is 1. The molecule has 110 valence electrons. The van der Waals surface area contributed by atoms with Crippen LogP contribution in [0.2, 0.25) is 0 Å². The maximum Gasteiger partial charge on any atom is 0.358 e. The van der Waals surface area contributed by atoms with Crippen molar-refractivity contribution < 1.29 is 14.3 Å². The molecule has 3 rings (SSSR count). The number of carboxylic acid groups (broad SMARTS) is 1. The second kappa shape index (κ2) is 5.40. The molecule has 0 bridgehead atoms. The lowest BCUT2D eigenvalue weighted by Gasteiger charge is -2.09. The van der Waals surface area contributed by atoms with Crippen LogP contribution in [0.15, 0.2) is 48.5 Å². The molecule has 0 fully saturated rings. The SMILES string of the molecule is Cc1ccccc1-n1nnc(C(=O)O)c1-c1ccc(F)cc1. The summed E-state index contributed by atoms with van der Waals surface area (Å²) in [5, 5.41) is 17.0. The number of halogens is 1. The maximum atomic E-state index is 13.1. The van der Waals surface area contributed by atoms with Crippen molar-refractivity contribution in [3.05, 3.63) is 65.6 Å². The molecule has 22 heavy (non-hydrogen) atoms. The highest BCUT2D eigenvalue weighted by Gasteiger charge is 2.22. The van der Waals surface area contributed by atoms with Crippen molar-refractivity contribution >= 4 is 5.97 Å². The predicted octanol–water partition coefficient (Wildman–Crippen LogP) is 3.08. The fraction of sp³-hybridized carbons (Fsp3) is 0.0625. The summed E-state index contributed by atoms with van der Waals surface area (Å²) in [6.07, 6.45) is 0. The van der Waals surface area contributed by atoms with Crippen molar-refractivity contribution in [3.8, 4) is 16.9 Å². The molecule has 1 heterocycles. The molecule has 0 amide bonds. The Bertz CT molecular complexity index is 841. The van der Waals surface area contributed by atoms with Crippen LogP contribution in [0.1, 0.15) is 16.1 Å². The molecule has 0 aliphatic carbocycles. The number of aryl methyl sites for hydroxylation is 1. The van der Waals surface area contributed by atoms with Crippen LogP contribution in [0.25, 0.3) is 16.9 Å². The first-order valence-electron chi connectivity index (χ1n) is 6.59. The van der Waals surface area contributed by atoms with Gasteiger partial charge in [0.15, 0.2) is 5.69 Å². The van der Waals surface area contributed by atoms with Crippen LogP contribution in [-0.4, -0.2) is 26.1 Å². The first kappa shape index (κ1) is 13.9. The van der Waals surface area contributed by atoms with Gasteiger partial charge in [-0.05, 0) is 42.8 Å². The van der Waals surface area contributed by atoms with Crippen molar-refractivity contribution in [1.29, 1.82) is 0 Å². The van der Waals surface area contributed by atoms with Gasteiger partial charge in [0.1, 0.15) is 11.5 Å². The smallest absolute Gasteiger partial charge is 0.358 e. The third kappa shape index (κ3) is 2.35. The molecule has 0 saturated carbocycles. The van der Waals surface area contributed by atoms with E-state index in [1.54, 1.807) is 0 Å². The Balaban J connectivity index is 2.27. The van der Waals surface area contributed by atoms with Gasteiger partial charge in [0.2, 0.25) is 0 Å². The number of para-hydroxylation sites is 1. The number of carboxylic acids is 1. The fourth-order valence-corrected chi connectivity index (χ4v) is 2.26. The molecule has 5 nitrogen and oxygen atoms in total. The third-order valence-corrected chi connectivity index (χ3v) is 3.33. The van der Waals surface area contributed by atoms with Crippen molar-refractivity contribution in [2.75, 3.05) is 0 Å². The van der Waals surface area contributed by atoms with Gasteiger partial charge in [-0.25, -0.2) is 13.9 Å². The molecule has 0 unspecified atom stereocenters. The monoisotopic (exact) mass is 297 g/mol. The Morgan fingerprint density at radius 3 is 2.45 bits per heavy atom. The van der Waals surface area contributed by atoms with Crippen molar-refractivity contribution in [2.24, 2.45) is 0 Å². The molecule has 0 atom stereocenters. The lowest BCUT2D eigenvalue weighted by Crippen LogP contribution is -2.04. The molecule has 0 aliphatic rings. The van der Waals surface area contributed by atoms with Gasteiger partial charge in [0.05, 0.1) is 5.69 Å².